The van der Waals surface area contributed by atoms with Crippen LogP contribution in [-0.2, 0) is 10.0 Å². The first-order chi connectivity index (χ1) is 9.30. The van der Waals surface area contributed by atoms with Crippen LogP contribution in [-0.4, -0.2) is 18.3 Å². The van der Waals surface area contributed by atoms with Gasteiger partial charge >= 0.3 is 0 Å². The van der Waals surface area contributed by atoms with Gasteiger partial charge in [0.05, 0.1) is 22.4 Å². The smallest absolute Gasteiger partial charge is 0.258 e. The Balaban J connectivity index is 2.77. The molecule has 0 fully saturated rings. The molecule has 2 N–H and O–H groups in total. The Labute approximate surface area is 113 Å². The van der Waals surface area contributed by atoms with Crippen LogP contribution in [0.3, 0.4) is 0 Å². The molecule has 7 nitrogen and oxygen atoms in total. The van der Waals surface area contributed by atoms with E-state index in [1.165, 1.54) is 18.2 Å². The molecule has 2 aromatic rings. The summed E-state index contributed by atoms with van der Waals surface area (Å²) in [5.41, 5.74) is -0.667. The van der Waals surface area contributed by atoms with Gasteiger partial charge in [0.1, 0.15) is 5.82 Å². The first-order valence-corrected chi connectivity index (χ1v) is 6.77. The molecule has 1 aromatic carbocycles. The topological polar surface area (TPSA) is 116 Å². The second kappa shape index (κ2) is 4.94. The molecule has 0 saturated carbocycles. The maximum atomic E-state index is 12.8. The Kier molecular flexibility index (Phi) is 3.47. The van der Waals surface area contributed by atoms with E-state index in [1.807, 2.05) is 0 Å². The van der Waals surface area contributed by atoms with E-state index in [1.54, 1.807) is 0 Å². The molecule has 0 unspecified atom stereocenters. The Morgan fingerprint density at radius 2 is 1.95 bits per heavy atom. The van der Waals surface area contributed by atoms with Gasteiger partial charge in [-0.2, -0.15) is 0 Å². The number of hydrogen-bond acceptors (Lipinski definition) is 5. The van der Waals surface area contributed by atoms with E-state index in [4.69, 9.17) is 5.14 Å². The zero-order valence-electron chi connectivity index (χ0n) is 9.86. The quantitative estimate of drug-likeness (QED) is 0.679. The van der Waals surface area contributed by atoms with Crippen LogP contribution in [0.25, 0.3) is 11.3 Å². The number of nitro groups is 1. The first-order valence-electron chi connectivity index (χ1n) is 5.23. The number of benzene rings is 1. The Morgan fingerprint density at radius 3 is 2.45 bits per heavy atom. The molecule has 20 heavy (non-hydrogen) atoms. The maximum Gasteiger partial charge on any atom is 0.298 e. The highest BCUT2D eigenvalue weighted by atomic mass is 32.2. The van der Waals surface area contributed by atoms with Gasteiger partial charge in [-0.05, 0) is 24.3 Å². The third-order valence-corrected chi connectivity index (χ3v) is 3.43. The van der Waals surface area contributed by atoms with Crippen molar-refractivity contribution in [1.82, 2.24) is 4.98 Å². The molecule has 0 aliphatic heterocycles. The van der Waals surface area contributed by atoms with Gasteiger partial charge in [0.2, 0.25) is 10.0 Å². The van der Waals surface area contributed by atoms with Gasteiger partial charge in [-0.15, -0.1) is 0 Å². The second-order valence-corrected chi connectivity index (χ2v) is 5.35. The van der Waals surface area contributed by atoms with Crippen LogP contribution in [0, 0.1) is 15.9 Å². The van der Waals surface area contributed by atoms with Crippen molar-refractivity contribution in [3.63, 3.8) is 0 Å². The molecule has 0 aliphatic rings. The summed E-state index contributed by atoms with van der Waals surface area (Å²) in [4.78, 5) is 13.3. The highest BCUT2D eigenvalue weighted by molar-refractivity contribution is 7.89. The molecule has 1 aromatic heterocycles. The molecule has 0 bridgehead atoms. The highest BCUT2D eigenvalue weighted by Gasteiger charge is 2.27. The molecule has 1 heterocycles. The fourth-order valence-electron chi connectivity index (χ4n) is 1.68. The lowest BCUT2D eigenvalue weighted by Crippen LogP contribution is -2.14. The van der Waals surface area contributed by atoms with Crippen molar-refractivity contribution in [3.8, 4) is 11.3 Å². The molecule has 0 radical (unpaired) electrons. The minimum absolute atomic E-state index is 0.0541. The fraction of sp³-hybridized carbons (Fsp3) is 0. The van der Waals surface area contributed by atoms with Crippen LogP contribution in [0.1, 0.15) is 0 Å². The number of hydrogen-bond donors (Lipinski definition) is 1. The van der Waals surface area contributed by atoms with Crippen molar-refractivity contribution >= 4 is 15.7 Å². The maximum absolute atomic E-state index is 12.8. The number of sulfonamides is 1. The SMILES string of the molecule is NS(=O)(=O)c1cccc(-c2ccc(F)cn2)c1[N+](=O)[O-]. The zero-order chi connectivity index (χ0) is 14.9. The van der Waals surface area contributed by atoms with Crippen molar-refractivity contribution in [2.24, 2.45) is 5.14 Å². The molecular weight excluding hydrogens is 289 g/mol. The summed E-state index contributed by atoms with van der Waals surface area (Å²) in [6.45, 7) is 0. The molecular formula is C11H8FN3O4S. The molecule has 0 atom stereocenters. The zero-order valence-corrected chi connectivity index (χ0v) is 10.7. The number of para-hydroxylation sites is 1. The molecule has 0 amide bonds. The first kappa shape index (κ1) is 14.0. The Hall–Kier alpha value is -2.39. The molecule has 0 saturated heterocycles. The van der Waals surface area contributed by atoms with Crippen LogP contribution in [0.4, 0.5) is 10.1 Å². The minimum atomic E-state index is -4.26. The molecule has 104 valence electrons. The lowest BCUT2D eigenvalue weighted by atomic mass is 10.1. The minimum Gasteiger partial charge on any atom is -0.258 e. The normalized spacial score (nSPS) is 11.3. The fourth-order valence-corrected chi connectivity index (χ4v) is 2.40. The number of nitrogens with two attached hydrogens (primary N) is 1. The molecule has 0 spiro atoms. The van der Waals surface area contributed by atoms with Crippen molar-refractivity contribution < 1.29 is 17.7 Å². The number of nitrogens with zero attached hydrogens (tertiary/aromatic N) is 2. The van der Waals surface area contributed by atoms with Gasteiger partial charge in [0.25, 0.3) is 5.69 Å². The summed E-state index contributed by atoms with van der Waals surface area (Å²) < 4.78 is 35.6. The number of aromatic nitrogens is 1. The number of rotatable bonds is 3. The Morgan fingerprint density at radius 1 is 1.25 bits per heavy atom. The van der Waals surface area contributed by atoms with E-state index >= 15 is 0 Å². The highest BCUT2D eigenvalue weighted by Crippen LogP contribution is 2.33. The van der Waals surface area contributed by atoms with Crippen molar-refractivity contribution in [1.29, 1.82) is 0 Å². The summed E-state index contributed by atoms with van der Waals surface area (Å²) >= 11 is 0. The average Bonchev–Trinajstić information content (AvgIpc) is 2.37. The van der Waals surface area contributed by atoms with Crippen LogP contribution in [0.2, 0.25) is 0 Å². The van der Waals surface area contributed by atoms with Crippen LogP contribution < -0.4 is 5.14 Å². The van der Waals surface area contributed by atoms with Crippen LogP contribution >= 0.6 is 0 Å². The van der Waals surface area contributed by atoms with E-state index in [0.29, 0.717) is 0 Å². The summed E-state index contributed by atoms with van der Waals surface area (Å²) in [5.74, 6) is -0.612. The van der Waals surface area contributed by atoms with Gasteiger partial charge in [-0.1, -0.05) is 6.07 Å². The summed E-state index contributed by atoms with van der Waals surface area (Å²) in [6, 6.07) is 5.92. The van der Waals surface area contributed by atoms with Crippen molar-refractivity contribution in [2.45, 2.75) is 4.90 Å². The van der Waals surface area contributed by atoms with Crippen molar-refractivity contribution in [2.75, 3.05) is 0 Å². The second-order valence-electron chi connectivity index (χ2n) is 3.82. The number of halogens is 1. The lowest BCUT2D eigenvalue weighted by Gasteiger charge is -2.06. The number of nitro benzene ring substituents is 1. The van der Waals surface area contributed by atoms with Crippen molar-refractivity contribution in [3.05, 3.63) is 52.5 Å². The summed E-state index contributed by atoms with van der Waals surface area (Å²) in [6.07, 6.45) is 0.878. The third-order valence-electron chi connectivity index (χ3n) is 2.49. The van der Waals surface area contributed by atoms with Gasteiger partial charge in [0.15, 0.2) is 4.90 Å². The summed E-state index contributed by atoms with van der Waals surface area (Å²) in [7, 11) is -4.26. The number of pyridine rings is 1. The predicted molar refractivity (Wildman–Crippen MR) is 67.7 cm³/mol. The van der Waals surface area contributed by atoms with Gasteiger partial charge in [0, 0.05) is 0 Å². The molecule has 2 rings (SSSR count). The van der Waals surface area contributed by atoms with Gasteiger partial charge in [-0.25, -0.2) is 17.9 Å². The Bertz CT molecular complexity index is 775. The molecule has 9 heteroatoms. The van der Waals surface area contributed by atoms with E-state index in [-0.39, 0.29) is 11.3 Å². The van der Waals surface area contributed by atoms with Gasteiger partial charge in [-0.3, -0.25) is 15.1 Å². The monoisotopic (exact) mass is 297 g/mol. The standard InChI is InChI=1S/C11H8FN3O4S/c12-7-4-5-9(14-6-7)8-2-1-3-10(20(13,18)19)11(8)15(16)17/h1-6H,(H2,13,18,19). The van der Waals surface area contributed by atoms with Crippen LogP contribution in [0.5, 0.6) is 0 Å². The lowest BCUT2D eigenvalue weighted by molar-refractivity contribution is -0.387. The van der Waals surface area contributed by atoms with Crippen LogP contribution in [0.15, 0.2) is 41.4 Å². The van der Waals surface area contributed by atoms with E-state index in [0.717, 1.165) is 18.3 Å². The largest absolute Gasteiger partial charge is 0.298 e. The third kappa shape index (κ3) is 2.63. The van der Waals surface area contributed by atoms with E-state index in [9.17, 15) is 22.9 Å². The molecule has 0 aliphatic carbocycles. The average molecular weight is 297 g/mol. The van der Waals surface area contributed by atoms with Gasteiger partial charge < -0.3 is 0 Å². The number of primary sulfonamides is 1. The summed E-state index contributed by atoms with van der Waals surface area (Å²) in [5, 5.41) is 16.1. The van der Waals surface area contributed by atoms with E-state index in [2.05, 4.69) is 4.98 Å². The predicted octanol–water partition coefficient (Wildman–Crippen LogP) is 1.44. The van der Waals surface area contributed by atoms with E-state index < -0.39 is 31.3 Å².